The molecule has 1 N–H and O–H groups in total. The van der Waals surface area contributed by atoms with Crippen LogP contribution in [0.4, 0.5) is 0 Å². The SMILES string of the molecule is CN(C(=O)c1cn(C)cn1)C1CCCCC1O. The van der Waals surface area contributed by atoms with Crippen LogP contribution in [-0.4, -0.2) is 44.7 Å². The van der Waals surface area contributed by atoms with E-state index in [0.717, 1.165) is 25.7 Å². The molecule has 0 aliphatic heterocycles. The van der Waals surface area contributed by atoms with Crippen molar-refractivity contribution in [3.8, 4) is 0 Å². The molecule has 0 radical (unpaired) electrons. The minimum atomic E-state index is -0.401. The van der Waals surface area contributed by atoms with Crippen LogP contribution in [0.15, 0.2) is 12.5 Å². The van der Waals surface area contributed by atoms with E-state index in [9.17, 15) is 9.90 Å². The number of likely N-dealkylation sites (N-methyl/N-ethyl adjacent to an activating group) is 1. The fourth-order valence-electron chi connectivity index (χ4n) is 2.40. The first-order chi connectivity index (χ1) is 8.09. The van der Waals surface area contributed by atoms with Crippen molar-refractivity contribution in [3.05, 3.63) is 18.2 Å². The first-order valence-corrected chi connectivity index (χ1v) is 6.03. The quantitative estimate of drug-likeness (QED) is 0.827. The molecule has 0 aromatic carbocycles. The third-order valence-corrected chi connectivity index (χ3v) is 3.44. The molecule has 0 bridgehead atoms. The predicted octanol–water partition coefficient (Wildman–Crippen LogP) is 0.796. The molecule has 1 aliphatic rings. The van der Waals surface area contributed by atoms with Crippen molar-refractivity contribution in [2.24, 2.45) is 7.05 Å². The Labute approximate surface area is 101 Å². The summed E-state index contributed by atoms with van der Waals surface area (Å²) in [6, 6.07) is -0.0711. The minimum Gasteiger partial charge on any atom is -0.391 e. The van der Waals surface area contributed by atoms with Gasteiger partial charge in [0.05, 0.1) is 18.5 Å². The third kappa shape index (κ3) is 2.49. The Morgan fingerprint density at radius 2 is 2.24 bits per heavy atom. The Bertz CT molecular complexity index is 402. The zero-order valence-electron chi connectivity index (χ0n) is 10.3. The standard InChI is InChI=1S/C12H19N3O2/c1-14-7-9(13-8-14)12(17)15(2)10-5-3-4-6-11(10)16/h7-8,10-11,16H,3-6H2,1-2H3. The lowest BCUT2D eigenvalue weighted by Gasteiger charge is -2.34. The number of aromatic nitrogens is 2. The number of rotatable bonds is 2. The molecular formula is C12H19N3O2. The van der Waals surface area contributed by atoms with Gasteiger partial charge in [0.1, 0.15) is 5.69 Å². The first kappa shape index (κ1) is 12.1. The maximum atomic E-state index is 12.1. The van der Waals surface area contributed by atoms with Crippen molar-refractivity contribution in [2.75, 3.05) is 7.05 Å². The van der Waals surface area contributed by atoms with Crippen molar-refractivity contribution in [1.29, 1.82) is 0 Å². The molecule has 1 aromatic rings. The van der Waals surface area contributed by atoms with Gasteiger partial charge in [-0.15, -0.1) is 0 Å². The van der Waals surface area contributed by atoms with Crippen LogP contribution in [-0.2, 0) is 7.05 Å². The average molecular weight is 237 g/mol. The van der Waals surface area contributed by atoms with E-state index in [2.05, 4.69) is 4.98 Å². The monoisotopic (exact) mass is 237 g/mol. The molecule has 2 rings (SSSR count). The number of carbonyl (C=O) groups is 1. The fraction of sp³-hybridized carbons (Fsp3) is 0.667. The summed E-state index contributed by atoms with van der Waals surface area (Å²) >= 11 is 0. The average Bonchev–Trinajstić information content (AvgIpc) is 2.75. The molecule has 1 heterocycles. The number of aryl methyl sites for hydroxylation is 1. The number of hydrogen-bond donors (Lipinski definition) is 1. The van der Waals surface area contributed by atoms with Crippen LogP contribution in [0.5, 0.6) is 0 Å². The molecule has 1 saturated carbocycles. The first-order valence-electron chi connectivity index (χ1n) is 6.03. The summed E-state index contributed by atoms with van der Waals surface area (Å²) in [6.45, 7) is 0. The molecular weight excluding hydrogens is 218 g/mol. The molecule has 17 heavy (non-hydrogen) atoms. The summed E-state index contributed by atoms with van der Waals surface area (Å²) in [5, 5.41) is 9.92. The largest absolute Gasteiger partial charge is 0.391 e. The molecule has 94 valence electrons. The van der Waals surface area contributed by atoms with Crippen molar-refractivity contribution < 1.29 is 9.90 Å². The van der Waals surface area contributed by atoms with Gasteiger partial charge < -0.3 is 14.6 Å². The highest BCUT2D eigenvalue weighted by Gasteiger charge is 2.30. The van der Waals surface area contributed by atoms with Crippen LogP contribution < -0.4 is 0 Å². The number of amides is 1. The molecule has 1 amide bonds. The van der Waals surface area contributed by atoms with Crippen LogP contribution in [0, 0.1) is 0 Å². The van der Waals surface area contributed by atoms with E-state index < -0.39 is 6.10 Å². The molecule has 1 aromatic heterocycles. The highest BCUT2D eigenvalue weighted by Crippen LogP contribution is 2.23. The number of aliphatic hydroxyl groups is 1. The molecule has 1 aliphatic carbocycles. The summed E-state index contributed by atoms with van der Waals surface area (Å²) in [5.41, 5.74) is 0.438. The van der Waals surface area contributed by atoms with Crippen LogP contribution in [0.1, 0.15) is 36.2 Å². The van der Waals surface area contributed by atoms with Crippen LogP contribution in [0.25, 0.3) is 0 Å². The second-order valence-electron chi connectivity index (χ2n) is 4.76. The van der Waals surface area contributed by atoms with E-state index >= 15 is 0 Å². The van der Waals surface area contributed by atoms with Gasteiger partial charge in [0, 0.05) is 20.3 Å². The van der Waals surface area contributed by atoms with Crippen LogP contribution >= 0.6 is 0 Å². The second kappa shape index (κ2) is 4.87. The Kier molecular flexibility index (Phi) is 3.47. The highest BCUT2D eigenvalue weighted by atomic mass is 16.3. The van der Waals surface area contributed by atoms with E-state index in [4.69, 9.17) is 0 Å². The summed E-state index contributed by atoms with van der Waals surface area (Å²) in [4.78, 5) is 17.8. The summed E-state index contributed by atoms with van der Waals surface area (Å²) in [5.74, 6) is -0.114. The molecule has 2 atom stereocenters. The van der Waals surface area contributed by atoms with Crippen LogP contribution in [0.3, 0.4) is 0 Å². The Balaban J connectivity index is 2.08. The smallest absolute Gasteiger partial charge is 0.274 e. The van der Waals surface area contributed by atoms with Crippen molar-refractivity contribution in [2.45, 2.75) is 37.8 Å². The van der Waals surface area contributed by atoms with Crippen molar-refractivity contribution >= 4 is 5.91 Å². The highest BCUT2D eigenvalue weighted by molar-refractivity contribution is 5.92. The Hall–Kier alpha value is -1.36. The molecule has 5 nitrogen and oxygen atoms in total. The number of nitrogens with zero attached hydrogens (tertiary/aromatic N) is 3. The molecule has 1 fully saturated rings. The van der Waals surface area contributed by atoms with Crippen molar-refractivity contribution in [3.63, 3.8) is 0 Å². The maximum absolute atomic E-state index is 12.1. The zero-order valence-corrected chi connectivity index (χ0v) is 10.3. The van der Waals surface area contributed by atoms with E-state index in [-0.39, 0.29) is 11.9 Å². The van der Waals surface area contributed by atoms with Gasteiger partial charge in [-0.2, -0.15) is 0 Å². The van der Waals surface area contributed by atoms with Gasteiger partial charge >= 0.3 is 0 Å². The zero-order chi connectivity index (χ0) is 12.4. The molecule has 0 saturated heterocycles. The van der Waals surface area contributed by atoms with Crippen molar-refractivity contribution in [1.82, 2.24) is 14.5 Å². The topological polar surface area (TPSA) is 58.4 Å². The number of imidazole rings is 1. The van der Waals surface area contributed by atoms with Gasteiger partial charge in [-0.05, 0) is 12.8 Å². The fourth-order valence-corrected chi connectivity index (χ4v) is 2.40. The number of carbonyl (C=O) groups excluding carboxylic acids is 1. The number of hydrogen-bond acceptors (Lipinski definition) is 3. The van der Waals surface area contributed by atoms with E-state index in [0.29, 0.717) is 5.69 Å². The lowest BCUT2D eigenvalue weighted by Crippen LogP contribution is -2.46. The normalized spacial score (nSPS) is 24.6. The van der Waals surface area contributed by atoms with E-state index in [1.54, 1.807) is 29.0 Å². The summed E-state index contributed by atoms with van der Waals surface area (Å²) < 4.78 is 1.75. The van der Waals surface area contributed by atoms with E-state index in [1.807, 2.05) is 7.05 Å². The van der Waals surface area contributed by atoms with Gasteiger partial charge in [-0.1, -0.05) is 12.8 Å². The van der Waals surface area contributed by atoms with Crippen LogP contribution in [0.2, 0.25) is 0 Å². The van der Waals surface area contributed by atoms with Gasteiger partial charge in [0.2, 0.25) is 0 Å². The van der Waals surface area contributed by atoms with E-state index in [1.165, 1.54) is 0 Å². The Morgan fingerprint density at radius 1 is 1.53 bits per heavy atom. The molecule has 0 spiro atoms. The maximum Gasteiger partial charge on any atom is 0.274 e. The third-order valence-electron chi connectivity index (χ3n) is 3.44. The lowest BCUT2D eigenvalue weighted by atomic mass is 9.91. The minimum absolute atomic E-state index is 0.0711. The summed E-state index contributed by atoms with van der Waals surface area (Å²) in [6.07, 6.45) is 6.68. The molecule has 5 heteroatoms. The van der Waals surface area contributed by atoms with Gasteiger partial charge in [-0.25, -0.2) is 4.98 Å². The Morgan fingerprint density at radius 3 is 2.82 bits per heavy atom. The van der Waals surface area contributed by atoms with Gasteiger partial charge in [-0.3, -0.25) is 4.79 Å². The second-order valence-corrected chi connectivity index (χ2v) is 4.76. The lowest BCUT2D eigenvalue weighted by molar-refractivity contribution is 0.0264. The summed E-state index contributed by atoms with van der Waals surface area (Å²) in [7, 11) is 3.58. The molecule has 2 unspecified atom stereocenters. The van der Waals surface area contributed by atoms with Gasteiger partial charge in [0.25, 0.3) is 5.91 Å². The predicted molar refractivity (Wildman–Crippen MR) is 63.6 cm³/mol. The van der Waals surface area contributed by atoms with Gasteiger partial charge in [0.15, 0.2) is 0 Å². The number of aliphatic hydroxyl groups excluding tert-OH is 1.